The Morgan fingerprint density at radius 3 is 2.55 bits per heavy atom. The highest BCUT2D eigenvalue weighted by Gasteiger charge is 2.26. The first kappa shape index (κ1) is 22.9. The van der Waals surface area contributed by atoms with Crippen LogP contribution in [0.25, 0.3) is 0 Å². The number of hydrogen-bond donors (Lipinski definition) is 1. The highest BCUT2D eigenvalue weighted by atomic mass is 79.9. The van der Waals surface area contributed by atoms with Gasteiger partial charge < -0.3 is 15.0 Å². The van der Waals surface area contributed by atoms with E-state index in [1.165, 1.54) is 0 Å². The number of unbranched alkanes of at least 4 members (excludes halogenated alkanes) is 1. The van der Waals surface area contributed by atoms with E-state index in [0.29, 0.717) is 18.8 Å². The van der Waals surface area contributed by atoms with Crippen LogP contribution < -0.4 is 10.1 Å². The molecule has 0 aromatic heterocycles. The maximum Gasteiger partial charge on any atom is 0.261 e. The number of rotatable bonds is 10. The molecule has 29 heavy (non-hydrogen) atoms. The maximum absolute atomic E-state index is 13.0. The van der Waals surface area contributed by atoms with E-state index in [0.717, 1.165) is 28.4 Å². The minimum atomic E-state index is -0.597. The molecule has 2 aromatic rings. The lowest BCUT2D eigenvalue weighted by molar-refractivity contribution is -0.142. The molecule has 0 saturated carbocycles. The van der Waals surface area contributed by atoms with Gasteiger partial charge in [0.05, 0.1) is 0 Å². The SMILES string of the molecule is CCCCNC(=O)[C@H](C)N(Cc1cccc(Br)c1)C(=O)COc1ccc(C)cc1. The zero-order valence-corrected chi connectivity index (χ0v) is 18.9. The number of aryl methyl sites for hydroxylation is 1. The molecule has 0 unspecified atom stereocenters. The fourth-order valence-electron chi connectivity index (χ4n) is 2.81. The molecule has 5 nitrogen and oxygen atoms in total. The van der Waals surface area contributed by atoms with Crippen LogP contribution in [0.2, 0.25) is 0 Å². The molecule has 2 amide bonds. The van der Waals surface area contributed by atoms with Gasteiger partial charge in [-0.15, -0.1) is 0 Å². The van der Waals surface area contributed by atoms with Gasteiger partial charge in [0.25, 0.3) is 5.91 Å². The molecule has 0 saturated heterocycles. The molecule has 0 fully saturated rings. The predicted octanol–water partition coefficient (Wildman–Crippen LogP) is 4.47. The average molecular weight is 461 g/mol. The quantitative estimate of drug-likeness (QED) is 0.532. The molecule has 2 aromatic carbocycles. The summed E-state index contributed by atoms with van der Waals surface area (Å²) in [4.78, 5) is 27.1. The molecule has 0 heterocycles. The van der Waals surface area contributed by atoms with E-state index in [9.17, 15) is 9.59 Å². The minimum absolute atomic E-state index is 0.121. The van der Waals surface area contributed by atoms with Gasteiger partial charge in [-0.25, -0.2) is 0 Å². The Kier molecular flexibility index (Phi) is 9.19. The smallest absolute Gasteiger partial charge is 0.261 e. The summed E-state index contributed by atoms with van der Waals surface area (Å²) in [5, 5.41) is 2.91. The second-order valence-corrected chi connectivity index (χ2v) is 7.99. The first-order valence-corrected chi connectivity index (χ1v) is 10.7. The summed E-state index contributed by atoms with van der Waals surface area (Å²) in [6.07, 6.45) is 1.91. The van der Waals surface area contributed by atoms with Gasteiger partial charge in [0.15, 0.2) is 6.61 Å². The van der Waals surface area contributed by atoms with Crippen LogP contribution in [-0.2, 0) is 16.1 Å². The van der Waals surface area contributed by atoms with Gasteiger partial charge in [0.2, 0.25) is 5.91 Å². The summed E-state index contributed by atoms with van der Waals surface area (Å²) in [5.74, 6) is 0.243. The zero-order chi connectivity index (χ0) is 21.2. The summed E-state index contributed by atoms with van der Waals surface area (Å²) in [7, 11) is 0. The zero-order valence-electron chi connectivity index (χ0n) is 17.3. The predicted molar refractivity (Wildman–Crippen MR) is 119 cm³/mol. The number of ether oxygens (including phenoxy) is 1. The van der Waals surface area contributed by atoms with Crippen molar-refractivity contribution in [3.05, 3.63) is 64.1 Å². The Morgan fingerprint density at radius 1 is 1.17 bits per heavy atom. The molecule has 0 aliphatic rings. The van der Waals surface area contributed by atoms with Gasteiger partial charge in [0, 0.05) is 17.6 Å². The van der Waals surface area contributed by atoms with E-state index in [1.54, 1.807) is 11.8 Å². The number of hydrogen-bond acceptors (Lipinski definition) is 3. The molecule has 0 bridgehead atoms. The van der Waals surface area contributed by atoms with Crippen LogP contribution >= 0.6 is 15.9 Å². The van der Waals surface area contributed by atoms with Gasteiger partial charge in [-0.3, -0.25) is 9.59 Å². The first-order valence-electron chi connectivity index (χ1n) is 9.91. The molecular weight excluding hydrogens is 432 g/mol. The first-order chi connectivity index (χ1) is 13.9. The van der Waals surface area contributed by atoms with Gasteiger partial charge in [0.1, 0.15) is 11.8 Å². The highest BCUT2D eigenvalue weighted by Crippen LogP contribution is 2.16. The second-order valence-electron chi connectivity index (χ2n) is 7.07. The fraction of sp³-hybridized carbons (Fsp3) is 0.391. The third kappa shape index (κ3) is 7.54. The Hall–Kier alpha value is -2.34. The van der Waals surface area contributed by atoms with Crippen LogP contribution in [0.3, 0.4) is 0 Å². The van der Waals surface area contributed by atoms with Crippen molar-refractivity contribution in [2.24, 2.45) is 0 Å². The van der Waals surface area contributed by atoms with Crippen molar-refractivity contribution >= 4 is 27.7 Å². The lowest BCUT2D eigenvalue weighted by Crippen LogP contribution is -2.49. The van der Waals surface area contributed by atoms with Crippen LogP contribution in [0.1, 0.15) is 37.8 Å². The summed E-state index contributed by atoms with van der Waals surface area (Å²) < 4.78 is 6.59. The summed E-state index contributed by atoms with van der Waals surface area (Å²) in [5.41, 5.74) is 2.06. The van der Waals surface area contributed by atoms with E-state index in [2.05, 4.69) is 28.2 Å². The van der Waals surface area contributed by atoms with Crippen molar-refractivity contribution in [2.75, 3.05) is 13.2 Å². The maximum atomic E-state index is 13.0. The molecular formula is C23H29BrN2O3. The molecule has 6 heteroatoms. The lowest BCUT2D eigenvalue weighted by Gasteiger charge is -2.29. The Bertz CT molecular complexity index is 808. The molecule has 1 atom stereocenters. The normalized spacial score (nSPS) is 11.6. The molecule has 0 spiro atoms. The Labute approximate surface area is 181 Å². The van der Waals surface area contributed by atoms with Crippen LogP contribution in [0, 0.1) is 6.92 Å². The summed E-state index contributed by atoms with van der Waals surface area (Å²) in [6.45, 7) is 6.64. The minimum Gasteiger partial charge on any atom is -0.484 e. The number of halogens is 1. The lowest BCUT2D eigenvalue weighted by atomic mass is 10.1. The fourth-order valence-corrected chi connectivity index (χ4v) is 3.26. The third-order valence-electron chi connectivity index (χ3n) is 4.62. The molecule has 0 radical (unpaired) electrons. The van der Waals surface area contributed by atoms with Gasteiger partial charge in [-0.05, 0) is 50.1 Å². The van der Waals surface area contributed by atoms with Crippen molar-refractivity contribution in [3.8, 4) is 5.75 Å². The molecule has 0 aliphatic heterocycles. The van der Waals surface area contributed by atoms with Crippen LogP contribution in [-0.4, -0.2) is 35.9 Å². The monoisotopic (exact) mass is 460 g/mol. The van der Waals surface area contributed by atoms with Gasteiger partial charge in [-0.2, -0.15) is 0 Å². The van der Waals surface area contributed by atoms with Crippen molar-refractivity contribution in [1.29, 1.82) is 0 Å². The standard InChI is InChI=1S/C23H29BrN2O3/c1-4-5-13-25-23(28)18(3)26(15-19-7-6-8-20(24)14-19)22(27)16-29-21-11-9-17(2)10-12-21/h6-12,14,18H,4-5,13,15-16H2,1-3H3,(H,25,28)/t18-/m0/s1. The topological polar surface area (TPSA) is 58.6 Å². The van der Waals surface area contributed by atoms with E-state index in [1.807, 2.05) is 55.5 Å². The molecule has 0 aliphatic carbocycles. The summed E-state index contributed by atoms with van der Waals surface area (Å²) >= 11 is 3.46. The van der Waals surface area contributed by atoms with Crippen molar-refractivity contribution in [3.63, 3.8) is 0 Å². The number of carbonyl (C=O) groups is 2. The molecule has 2 rings (SSSR count). The number of amides is 2. The third-order valence-corrected chi connectivity index (χ3v) is 5.12. The van der Waals surface area contributed by atoms with E-state index < -0.39 is 6.04 Å². The van der Waals surface area contributed by atoms with Crippen LogP contribution in [0.4, 0.5) is 0 Å². The van der Waals surface area contributed by atoms with E-state index >= 15 is 0 Å². The Morgan fingerprint density at radius 2 is 1.90 bits per heavy atom. The highest BCUT2D eigenvalue weighted by molar-refractivity contribution is 9.10. The molecule has 156 valence electrons. The van der Waals surface area contributed by atoms with Gasteiger partial charge in [-0.1, -0.05) is 59.1 Å². The number of nitrogens with one attached hydrogen (secondary N) is 1. The van der Waals surface area contributed by atoms with Crippen molar-refractivity contribution in [1.82, 2.24) is 10.2 Å². The van der Waals surface area contributed by atoms with Crippen LogP contribution in [0.5, 0.6) is 5.75 Å². The van der Waals surface area contributed by atoms with E-state index in [-0.39, 0.29) is 18.4 Å². The van der Waals surface area contributed by atoms with Crippen molar-refractivity contribution in [2.45, 2.75) is 46.2 Å². The summed E-state index contributed by atoms with van der Waals surface area (Å²) in [6, 6.07) is 14.7. The van der Waals surface area contributed by atoms with Gasteiger partial charge >= 0.3 is 0 Å². The largest absolute Gasteiger partial charge is 0.484 e. The van der Waals surface area contributed by atoms with E-state index in [4.69, 9.17) is 4.74 Å². The van der Waals surface area contributed by atoms with Crippen LogP contribution in [0.15, 0.2) is 53.0 Å². The van der Waals surface area contributed by atoms with Crippen molar-refractivity contribution < 1.29 is 14.3 Å². The number of benzene rings is 2. The number of nitrogens with zero attached hydrogens (tertiary/aromatic N) is 1. The Balaban J connectivity index is 2.10. The number of carbonyl (C=O) groups excluding carboxylic acids is 2. The molecule has 1 N–H and O–H groups in total. The average Bonchev–Trinajstić information content (AvgIpc) is 2.71. The second kappa shape index (κ2) is 11.6.